The van der Waals surface area contributed by atoms with E-state index in [0.717, 1.165) is 67.5 Å². The summed E-state index contributed by atoms with van der Waals surface area (Å²) in [7, 11) is -0.125. The Morgan fingerprint density at radius 2 is 1.85 bits per heavy atom. The van der Waals surface area contributed by atoms with Gasteiger partial charge in [-0.2, -0.15) is 0 Å². The molecule has 0 bridgehead atoms. The van der Waals surface area contributed by atoms with Gasteiger partial charge in [-0.1, -0.05) is 36.4 Å². The van der Waals surface area contributed by atoms with Gasteiger partial charge < -0.3 is 9.47 Å². The minimum Gasteiger partial charge on any atom is -0.493 e. The predicted molar refractivity (Wildman–Crippen MR) is 134 cm³/mol. The summed E-state index contributed by atoms with van der Waals surface area (Å²) >= 11 is 0. The predicted octanol–water partition coefficient (Wildman–Crippen LogP) is 4.46. The summed E-state index contributed by atoms with van der Waals surface area (Å²) in [4.78, 5) is 2.91. The van der Waals surface area contributed by atoms with Crippen LogP contribution >= 0.6 is 0 Å². The maximum Gasteiger partial charge on any atom is 0.241 e. The van der Waals surface area contributed by atoms with Crippen LogP contribution in [0, 0.1) is 0 Å². The minimum absolute atomic E-state index is 0.348. The number of hydrogen-bond acceptors (Lipinski definition) is 5. The fourth-order valence-corrected chi connectivity index (χ4v) is 6.95. The molecule has 6 nitrogen and oxygen atoms in total. The Labute approximate surface area is 201 Å². The van der Waals surface area contributed by atoms with Gasteiger partial charge in [-0.3, -0.25) is 4.90 Å². The van der Waals surface area contributed by atoms with Crippen molar-refractivity contribution in [2.75, 3.05) is 33.9 Å². The van der Waals surface area contributed by atoms with Gasteiger partial charge in [-0.05, 0) is 67.3 Å². The lowest BCUT2D eigenvalue weighted by Crippen LogP contribution is -2.35. The molecule has 1 heterocycles. The molecule has 1 unspecified atom stereocenters. The molecule has 0 spiro atoms. The van der Waals surface area contributed by atoms with Crippen LogP contribution in [0.25, 0.3) is 10.8 Å². The molecule has 0 saturated heterocycles. The average Bonchev–Trinajstić information content (AvgIpc) is 3.30. The van der Waals surface area contributed by atoms with E-state index in [0.29, 0.717) is 17.5 Å². The Balaban J connectivity index is 1.19. The second-order valence-electron chi connectivity index (χ2n) is 9.09. The van der Waals surface area contributed by atoms with Crippen molar-refractivity contribution in [1.29, 1.82) is 0 Å². The van der Waals surface area contributed by atoms with Crippen LogP contribution in [0.15, 0.2) is 53.4 Å². The zero-order valence-corrected chi connectivity index (χ0v) is 20.7. The van der Waals surface area contributed by atoms with E-state index < -0.39 is 10.0 Å². The van der Waals surface area contributed by atoms with Gasteiger partial charge in [0.15, 0.2) is 11.5 Å². The standard InChI is InChI=1S/C27H32N2O4S/c1-32-24-18-20-14-17-29(23-13-12-22(26(20)23)27(24)33-2)16-6-5-15-28-34(30,31)25-11-7-9-19-8-3-4-10-21(19)25/h3-4,7-11,18,23,28H,5-6,12-17H2,1-2H3. The zero-order valence-electron chi connectivity index (χ0n) is 19.8. The largest absolute Gasteiger partial charge is 0.493 e. The van der Waals surface area contributed by atoms with Crippen LogP contribution in [0.1, 0.15) is 42.0 Å². The van der Waals surface area contributed by atoms with Crippen molar-refractivity contribution in [3.8, 4) is 11.5 Å². The first kappa shape index (κ1) is 23.1. The molecule has 0 fully saturated rings. The summed E-state index contributed by atoms with van der Waals surface area (Å²) in [6.07, 6.45) is 4.87. The van der Waals surface area contributed by atoms with Crippen molar-refractivity contribution < 1.29 is 17.9 Å². The van der Waals surface area contributed by atoms with Gasteiger partial charge in [0.25, 0.3) is 0 Å². The summed E-state index contributed by atoms with van der Waals surface area (Å²) in [5.41, 5.74) is 4.12. The number of sulfonamides is 1. The molecule has 7 heteroatoms. The van der Waals surface area contributed by atoms with E-state index in [1.807, 2.05) is 30.3 Å². The van der Waals surface area contributed by atoms with E-state index in [-0.39, 0.29) is 0 Å². The van der Waals surface area contributed by atoms with Crippen LogP contribution in [0.2, 0.25) is 0 Å². The lowest BCUT2D eigenvalue weighted by molar-refractivity contribution is 0.182. The van der Waals surface area contributed by atoms with Crippen molar-refractivity contribution in [3.63, 3.8) is 0 Å². The number of benzene rings is 3. The molecule has 1 aliphatic carbocycles. The first-order valence-electron chi connectivity index (χ1n) is 12.0. The van der Waals surface area contributed by atoms with Gasteiger partial charge in [-0.25, -0.2) is 13.1 Å². The molecule has 1 N–H and O–H groups in total. The normalized spacial score (nSPS) is 17.6. The van der Waals surface area contributed by atoms with Gasteiger partial charge in [0, 0.05) is 30.1 Å². The number of methoxy groups -OCH3 is 2. The van der Waals surface area contributed by atoms with E-state index in [1.54, 1.807) is 26.4 Å². The minimum atomic E-state index is -3.54. The van der Waals surface area contributed by atoms with E-state index in [2.05, 4.69) is 15.7 Å². The molecular formula is C27H32N2O4S. The molecule has 180 valence electrons. The van der Waals surface area contributed by atoms with Gasteiger partial charge >= 0.3 is 0 Å². The highest BCUT2D eigenvalue weighted by molar-refractivity contribution is 7.89. The van der Waals surface area contributed by atoms with Crippen molar-refractivity contribution >= 4 is 20.8 Å². The summed E-state index contributed by atoms with van der Waals surface area (Å²) in [6.45, 7) is 2.43. The molecule has 2 aliphatic rings. The van der Waals surface area contributed by atoms with E-state index in [4.69, 9.17) is 9.47 Å². The molecule has 3 aromatic rings. The lowest BCUT2D eigenvalue weighted by atomic mass is 9.92. The highest BCUT2D eigenvalue weighted by Gasteiger charge is 2.36. The van der Waals surface area contributed by atoms with E-state index in [9.17, 15) is 8.42 Å². The van der Waals surface area contributed by atoms with Crippen molar-refractivity contribution in [2.45, 2.75) is 43.0 Å². The van der Waals surface area contributed by atoms with Gasteiger partial charge in [0.05, 0.1) is 19.1 Å². The molecule has 1 aliphatic heterocycles. The van der Waals surface area contributed by atoms with Crippen molar-refractivity contribution in [1.82, 2.24) is 9.62 Å². The molecule has 0 aromatic heterocycles. The molecule has 1 atom stereocenters. The number of nitrogens with zero attached hydrogens (tertiary/aromatic N) is 1. The fourth-order valence-electron chi connectivity index (χ4n) is 5.64. The highest BCUT2D eigenvalue weighted by Crippen LogP contribution is 2.48. The molecule has 5 rings (SSSR count). The average molecular weight is 481 g/mol. The van der Waals surface area contributed by atoms with Crippen LogP contribution in [-0.2, 0) is 22.9 Å². The van der Waals surface area contributed by atoms with Crippen molar-refractivity contribution in [3.05, 3.63) is 65.2 Å². The second kappa shape index (κ2) is 9.56. The van der Waals surface area contributed by atoms with Crippen molar-refractivity contribution in [2.24, 2.45) is 0 Å². The third-order valence-corrected chi connectivity index (χ3v) is 8.73. The zero-order chi connectivity index (χ0) is 23.7. The number of nitrogens with one attached hydrogen (secondary N) is 1. The van der Waals surface area contributed by atoms with Gasteiger partial charge in [-0.15, -0.1) is 0 Å². The summed E-state index contributed by atoms with van der Waals surface area (Å²) in [5, 5.41) is 1.69. The Bertz CT molecular complexity index is 1300. The maximum absolute atomic E-state index is 12.9. The summed E-state index contributed by atoms with van der Waals surface area (Å²) in [6, 6.07) is 15.6. The van der Waals surface area contributed by atoms with Crippen LogP contribution < -0.4 is 14.2 Å². The topological polar surface area (TPSA) is 67.9 Å². The SMILES string of the molecule is COc1cc2c3c(c1OC)CCC3N(CCCCNS(=O)(=O)c1cccc3ccccc13)CC2. The first-order chi connectivity index (χ1) is 16.5. The number of rotatable bonds is 9. The maximum atomic E-state index is 12.9. The Kier molecular flexibility index (Phi) is 6.51. The third kappa shape index (κ3) is 4.17. The Hall–Kier alpha value is -2.61. The number of hydrogen-bond donors (Lipinski definition) is 1. The van der Waals surface area contributed by atoms with Crippen LogP contribution in [0.4, 0.5) is 0 Å². The molecular weight excluding hydrogens is 448 g/mol. The number of ether oxygens (including phenoxy) is 2. The van der Waals surface area contributed by atoms with Gasteiger partial charge in [0.2, 0.25) is 10.0 Å². The first-order valence-corrected chi connectivity index (χ1v) is 13.5. The van der Waals surface area contributed by atoms with Crippen LogP contribution in [-0.4, -0.2) is 47.2 Å². The quantitative estimate of drug-likeness (QED) is 0.458. The Morgan fingerprint density at radius 1 is 1.03 bits per heavy atom. The molecule has 0 saturated carbocycles. The molecule has 3 aromatic carbocycles. The smallest absolute Gasteiger partial charge is 0.241 e. The van der Waals surface area contributed by atoms with Crippen LogP contribution in [0.3, 0.4) is 0 Å². The van der Waals surface area contributed by atoms with E-state index in [1.165, 1.54) is 16.7 Å². The third-order valence-electron chi connectivity index (χ3n) is 7.21. The molecule has 34 heavy (non-hydrogen) atoms. The van der Waals surface area contributed by atoms with E-state index >= 15 is 0 Å². The fraction of sp³-hybridized carbons (Fsp3) is 0.407. The summed E-state index contributed by atoms with van der Waals surface area (Å²) < 4.78 is 39.9. The Morgan fingerprint density at radius 3 is 2.68 bits per heavy atom. The second-order valence-corrected chi connectivity index (χ2v) is 10.8. The summed E-state index contributed by atoms with van der Waals surface area (Å²) in [5.74, 6) is 1.72. The highest BCUT2D eigenvalue weighted by atomic mass is 32.2. The number of unbranched alkanes of at least 4 members (excludes halogenated alkanes) is 1. The number of fused-ring (bicyclic) bond motifs is 1. The lowest BCUT2D eigenvalue weighted by Gasteiger charge is -2.35. The van der Waals surface area contributed by atoms with Gasteiger partial charge in [0.1, 0.15) is 0 Å². The monoisotopic (exact) mass is 480 g/mol. The van der Waals surface area contributed by atoms with Crippen LogP contribution in [0.5, 0.6) is 11.5 Å². The molecule has 0 radical (unpaired) electrons. The molecule has 0 amide bonds.